The van der Waals surface area contributed by atoms with Crippen LogP contribution in [0.4, 0.5) is 11.5 Å². The largest absolute Gasteiger partial charge is 0.497 e. The maximum absolute atomic E-state index is 12.7. The highest BCUT2D eigenvalue weighted by molar-refractivity contribution is 7.92. The van der Waals surface area contributed by atoms with Crippen LogP contribution in [-0.4, -0.2) is 27.6 Å². The molecule has 2 N–H and O–H groups in total. The number of furan rings is 1. The zero-order chi connectivity index (χ0) is 19.3. The van der Waals surface area contributed by atoms with Crippen LogP contribution < -0.4 is 19.5 Å². The molecule has 9 heteroatoms. The molecule has 1 aromatic carbocycles. The molecular formula is C18H19N3O5S. The van der Waals surface area contributed by atoms with Crippen LogP contribution in [0, 0.1) is 0 Å². The molecule has 0 saturated heterocycles. The molecule has 8 nitrogen and oxygen atoms in total. The Morgan fingerprint density at radius 1 is 1.11 bits per heavy atom. The predicted molar refractivity (Wildman–Crippen MR) is 101 cm³/mol. The van der Waals surface area contributed by atoms with Gasteiger partial charge in [-0.15, -0.1) is 0 Å². The number of hydrogen-bond donors (Lipinski definition) is 2. The summed E-state index contributed by atoms with van der Waals surface area (Å²) in [6, 6.07) is 11.5. The van der Waals surface area contributed by atoms with Crippen molar-refractivity contribution in [3.63, 3.8) is 0 Å². The zero-order valence-electron chi connectivity index (χ0n) is 14.8. The number of aromatic nitrogens is 1. The minimum Gasteiger partial charge on any atom is -0.497 e. The van der Waals surface area contributed by atoms with Gasteiger partial charge in [0.25, 0.3) is 10.0 Å². The third-order valence-electron chi connectivity index (χ3n) is 3.71. The highest BCUT2D eigenvalue weighted by atomic mass is 32.2. The molecule has 0 spiro atoms. The van der Waals surface area contributed by atoms with Crippen molar-refractivity contribution in [2.75, 3.05) is 24.3 Å². The average molecular weight is 389 g/mol. The van der Waals surface area contributed by atoms with Crippen LogP contribution >= 0.6 is 0 Å². The summed E-state index contributed by atoms with van der Waals surface area (Å²) in [6.07, 6.45) is 3.13. The highest BCUT2D eigenvalue weighted by Crippen LogP contribution is 2.29. The fourth-order valence-electron chi connectivity index (χ4n) is 2.35. The summed E-state index contributed by atoms with van der Waals surface area (Å²) in [5, 5.41) is 3.13. The van der Waals surface area contributed by atoms with E-state index in [0.717, 1.165) is 11.4 Å². The summed E-state index contributed by atoms with van der Waals surface area (Å²) >= 11 is 0. The number of benzene rings is 1. The molecule has 0 aliphatic carbocycles. The van der Waals surface area contributed by atoms with Gasteiger partial charge in [0.05, 0.1) is 38.9 Å². The summed E-state index contributed by atoms with van der Waals surface area (Å²) in [5.74, 6) is 1.58. The molecular weight excluding hydrogens is 370 g/mol. The van der Waals surface area contributed by atoms with Crippen molar-refractivity contribution < 1.29 is 22.3 Å². The number of pyridine rings is 1. The molecule has 0 bridgehead atoms. The molecule has 0 radical (unpaired) electrons. The van der Waals surface area contributed by atoms with E-state index in [1.54, 1.807) is 30.5 Å². The van der Waals surface area contributed by atoms with E-state index in [-0.39, 0.29) is 16.5 Å². The molecule has 0 unspecified atom stereocenters. The van der Waals surface area contributed by atoms with Crippen LogP contribution in [0.2, 0.25) is 0 Å². The van der Waals surface area contributed by atoms with Crippen molar-refractivity contribution >= 4 is 21.5 Å². The van der Waals surface area contributed by atoms with Gasteiger partial charge in [0.1, 0.15) is 28.0 Å². The SMILES string of the molecule is COc1ccc(OC)c(S(=O)(=O)Nc2ccc(NCc3ccco3)cn2)c1. The van der Waals surface area contributed by atoms with Gasteiger partial charge in [-0.3, -0.25) is 4.72 Å². The van der Waals surface area contributed by atoms with E-state index in [1.165, 1.54) is 32.5 Å². The molecule has 0 aliphatic rings. The van der Waals surface area contributed by atoms with E-state index < -0.39 is 10.0 Å². The quantitative estimate of drug-likeness (QED) is 0.610. The lowest BCUT2D eigenvalue weighted by molar-refractivity contribution is 0.392. The lowest BCUT2D eigenvalue weighted by Gasteiger charge is -2.12. The topological polar surface area (TPSA) is 103 Å². The van der Waals surface area contributed by atoms with Crippen molar-refractivity contribution in [1.29, 1.82) is 0 Å². The van der Waals surface area contributed by atoms with E-state index in [2.05, 4.69) is 15.0 Å². The van der Waals surface area contributed by atoms with E-state index in [0.29, 0.717) is 12.3 Å². The van der Waals surface area contributed by atoms with Gasteiger partial charge in [0.15, 0.2) is 0 Å². The Morgan fingerprint density at radius 2 is 1.96 bits per heavy atom. The number of anilines is 2. The van der Waals surface area contributed by atoms with Gasteiger partial charge >= 0.3 is 0 Å². The zero-order valence-corrected chi connectivity index (χ0v) is 15.6. The van der Waals surface area contributed by atoms with E-state index in [1.807, 2.05) is 6.07 Å². The van der Waals surface area contributed by atoms with Crippen LogP contribution in [0.25, 0.3) is 0 Å². The number of methoxy groups -OCH3 is 2. The van der Waals surface area contributed by atoms with Crippen molar-refractivity contribution in [3.8, 4) is 11.5 Å². The third kappa shape index (κ3) is 4.50. The highest BCUT2D eigenvalue weighted by Gasteiger charge is 2.21. The van der Waals surface area contributed by atoms with Gasteiger partial charge < -0.3 is 19.2 Å². The minimum absolute atomic E-state index is 0.0360. The van der Waals surface area contributed by atoms with Gasteiger partial charge in [-0.2, -0.15) is 0 Å². The summed E-state index contributed by atoms with van der Waals surface area (Å²) in [5.41, 5.74) is 0.730. The molecule has 0 amide bonds. The number of ether oxygens (including phenoxy) is 2. The van der Waals surface area contributed by atoms with Gasteiger partial charge in [-0.05, 0) is 36.4 Å². The summed E-state index contributed by atoms with van der Waals surface area (Å²) in [4.78, 5) is 4.10. The van der Waals surface area contributed by atoms with Gasteiger partial charge in [-0.1, -0.05) is 0 Å². The van der Waals surface area contributed by atoms with Crippen LogP contribution in [0.3, 0.4) is 0 Å². The normalized spacial score (nSPS) is 11.0. The first-order valence-corrected chi connectivity index (χ1v) is 9.47. The second-order valence-corrected chi connectivity index (χ2v) is 7.14. The molecule has 0 atom stereocenters. The summed E-state index contributed by atoms with van der Waals surface area (Å²) in [6.45, 7) is 0.501. The monoisotopic (exact) mass is 389 g/mol. The second-order valence-electron chi connectivity index (χ2n) is 5.49. The Balaban J connectivity index is 1.74. The van der Waals surface area contributed by atoms with Gasteiger partial charge in [-0.25, -0.2) is 13.4 Å². The fraction of sp³-hybridized carbons (Fsp3) is 0.167. The maximum atomic E-state index is 12.7. The molecule has 0 fully saturated rings. The first-order chi connectivity index (χ1) is 13.0. The minimum atomic E-state index is -3.90. The molecule has 3 aromatic rings. The standard InChI is InChI=1S/C18H19N3O5S/c1-24-14-6-7-16(25-2)17(10-14)27(22,23)21-18-8-5-13(11-20-18)19-12-15-4-3-9-26-15/h3-11,19H,12H2,1-2H3,(H,20,21). The Kier molecular flexibility index (Phi) is 5.51. The number of hydrogen-bond acceptors (Lipinski definition) is 7. The van der Waals surface area contributed by atoms with Crippen molar-refractivity contribution in [2.45, 2.75) is 11.4 Å². The smallest absolute Gasteiger partial charge is 0.266 e. The molecule has 0 aliphatic heterocycles. The van der Waals surface area contributed by atoms with Crippen molar-refractivity contribution in [3.05, 3.63) is 60.7 Å². The molecule has 142 valence electrons. The fourth-order valence-corrected chi connectivity index (χ4v) is 3.54. The Labute approximate surface area is 157 Å². The molecule has 2 aromatic heterocycles. The third-order valence-corrected chi connectivity index (χ3v) is 5.09. The molecule has 0 saturated carbocycles. The molecule has 27 heavy (non-hydrogen) atoms. The Bertz CT molecular complexity index is 986. The summed E-state index contributed by atoms with van der Waals surface area (Å²) < 4.78 is 43.3. The molecule has 3 rings (SSSR count). The van der Waals surface area contributed by atoms with Crippen molar-refractivity contribution in [2.24, 2.45) is 0 Å². The lowest BCUT2D eigenvalue weighted by Crippen LogP contribution is -2.15. The van der Waals surface area contributed by atoms with Gasteiger partial charge in [0.2, 0.25) is 0 Å². The first-order valence-electron chi connectivity index (χ1n) is 7.99. The number of nitrogens with zero attached hydrogens (tertiary/aromatic N) is 1. The second kappa shape index (κ2) is 8.00. The van der Waals surface area contributed by atoms with E-state index >= 15 is 0 Å². The lowest BCUT2D eigenvalue weighted by atomic mass is 10.3. The van der Waals surface area contributed by atoms with E-state index in [4.69, 9.17) is 13.9 Å². The van der Waals surface area contributed by atoms with Crippen LogP contribution in [-0.2, 0) is 16.6 Å². The van der Waals surface area contributed by atoms with Crippen molar-refractivity contribution in [1.82, 2.24) is 4.98 Å². The maximum Gasteiger partial charge on any atom is 0.266 e. The number of nitrogens with one attached hydrogen (secondary N) is 2. The van der Waals surface area contributed by atoms with Gasteiger partial charge in [0, 0.05) is 6.07 Å². The Morgan fingerprint density at radius 3 is 2.59 bits per heavy atom. The molecule has 2 heterocycles. The Hall–Kier alpha value is -3.20. The van der Waals surface area contributed by atoms with Crippen LogP contribution in [0.5, 0.6) is 11.5 Å². The average Bonchev–Trinajstić information content (AvgIpc) is 3.20. The first kappa shape index (κ1) is 18.6. The van der Waals surface area contributed by atoms with Crippen LogP contribution in [0.1, 0.15) is 5.76 Å². The van der Waals surface area contributed by atoms with E-state index in [9.17, 15) is 8.42 Å². The number of rotatable bonds is 8. The predicted octanol–water partition coefficient (Wildman–Crippen LogP) is 3.10. The number of sulfonamides is 1. The van der Waals surface area contributed by atoms with Crippen LogP contribution in [0.15, 0.2) is 64.2 Å². The summed E-state index contributed by atoms with van der Waals surface area (Å²) in [7, 11) is -1.04.